The lowest BCUT2D eigenvalue weighted by Gasteiger charge is -2.39. The summed E-state index contributed by atoms with van der Waals surface area (Å²) in [5.74, 6) is 1.24. The van der Waals surface area contributed by atoms with Crippen molar-refractivity contribution in [3.63, 3.8) is 0 Å². The minimum absolute atomic E-state index is 0.00882. The Labute approximate surface area is 194 Å². The lowest BCUT2D eigenvalue weighted by atomic mass is 9.82. The number of hydrogen-bond donors (Lipinski definition) is 4. The number of rotatable bonds is 6. The van der Waals surface area contributed by atoms with Gasteiger partial charge in [0, 0.05) is 45.3 Å². The van der Waals surface area contributed by atoms with E-state index in [1.165, 1.54) is 51.7 Å². The topological polar surface area (TPSA) is 92.0 Å². The van der Waals surface area contributed by atoms with Crippen LogP contribution in [-0.4, -0.2) is 99.7 Å². The first-order chi connectivity index (χ1) is 15.5. The highest BCUT2D eigenvalue weighted by atomic mass is 32.2. The predicted molar refractivity (Wildman–Crippen MR) is 126 cm³/mol. The van der Waals surface area contributed by atoms with Crippen molar-refractivity contribution in [1.82, 2.24) is 35.8 Å². The summed E-state index contributed by atoms with van der Waals surface area (Å²) in [4.78, 5) is 2.64. The Kier molecular flexibility index (Phi) is 7.40. The fourth-order valence-electron chi connectivity index (χ4n) is 6.78. The number of hydrazine groups is 2. The summed E-state index contributed by atoms with van der Waals surface area (Å²) in [6.07, 6.45) is 9.80. The summed E-state index contributed by atoms with van der Waals surface area (Å²) in [6.45, 7) is 6.72. The van der Waals surface area contributed by atoms with E-state index in [0.29, 0.717) is 24.9 Å². The molecular weight excluding hydrogens is 426 g/mol. The van der Waals surface area contributed by atoms with E-state index in [9.17, 15) is 8.42 Å². The third-order valence-electron chi connectivity index (χ3n) is 8.54. The second kappa shape index (κ2) is 10.1. The third kappa shape index (κ3) is 5.17. The quantitative estimate of drug-likeness (QED) is 0.429. The highest BCUT2D eigenvalue weighted by molar-refractivity contribution is 7.90. The smallest absolute Gasteiger partial charge is 0.217 e. The van der Waals surface area contributed by atoms with Crippen LogP contribution in [0.4, 0.5) is 0 Å². The van der Waals surface area contributed by atoms with Gasteiger partial charge in [0.05, 0.1) is 6.17 Å². The van der Waals surface area contributed by atoms with Gasteiger partial charge in [-0.05, 0) is 70.0 Å². The van der Waals surface area contributed by atoms with E-state index in [-0.39, 0.29) is 18.2 Å². The van der Waals surface area contributed by atoms with Crippen LogP contribution in [0.5, 0.6) is 0 Å². The molecule has 0 aromatic carbocycles. The Morgan fingerprint density at radius 2 is 1.84 bits per heavy atom. The number of fused-ring (bicyclic) bond motifs is 1. The molecule has 5 rings (SSSR count). The van der Waals surface area contributed by atoms with Gasteiger partial charge in [-0.25, -0.2) is 23.2 Å². The van der Waals surface area contributed by atoms with E-state index in [1.807, 2.05) is 7.05 Å². The summed E-state index contributed by atoms with van der Waals surface area (Å²) >= 11 is 0. The first-order valence-corrected chi connectivity index (χ1v) is 14.5. The number of likely N-dealkylation sites (tertiary alicyclic amines) is 1. The maximum Gasteiger partial charge on any atom is 0.217 e. The molecule has 10 heteroatoms. The zero-order valence-electron chi connectivity index (χ0n) is 19.6. The van der Waals surface area contributed by atoms with Crippen LogP contribution in [0.15, 0.2) is 0 Å². The zero-order chi connectivity index (χ0) is 22.1. The average Bonchev–Trinajstić information content (AvgIpc) is 3.43. The molecule has 4 heterocycles. The number of nitrogens with zero attached hydrogens (tertiary/aromatic N) is 3. The van der Waals surface area contributed by atoms with E-state index >= 15 is 0 Å². The van der Waals surface area contributed by atoms with Crippen LogP contribution in [0, 0.1) is 11.8 Å². The lowest BCUT2D eigenvalue weighted by Crippen LogP contribution is -2.56. The highest BCUT2D eigenvalue weighted by Crippen LogP contribution is 2.31. The molecule has 5 aliphatic rings. The number of hydrogen-bond acceptors (Lipinski definition) is 8. The summed E-state index contributed by atoms with van der Waals surface area (Å²) in [6, 6.07) is 0.272. The fraction of sp³-hybridized carbons (Fsp3) is 1.00. The molecule has 1 saturated carbocycles. The molecule has 1 aliphatic carbocycles. The normalized spacial score (nSPS) is 40.5. The van der Waals surface area contributed by atoms with Crippen LogP contribution in [0.3, 0.4) is 0 Å². The van der Waals surface area contributed by atoms with Gasteiger partial charge in [-0.3, -0.25) is 10.9 Å². The van der Waals surface area contributed by atoms with Crippen LogP contribution in [0.25, 0.3) is 0 Å². The van der Waals surface area contributed by atoms with Gasteiger partial charge in [-0.15, -0.1) is 0 Å². The molecule has 6 unspecified atom stereocenters. The molecular formula is C22H43N7O2S. The van der Waals surface area contributed by atoms with Crippen molar-refractivity contribution in [1.29, 1.82) is 0 Å². The maximum atomic E-state index is 13.3. The Balaban J connectivity index is 1.15. The maximum absolute atomic E-state index is 13.3. The molecule has 0 amide bonds. The molecule has 4 N–H and O–H groups in total. The fourth-order valence-corrected chi connectivity index (χ4v) is 8.30. The van der Waals surface area contributed by atoms with E-state index in [0.717, 1.165) is 32.4 Å². The van der Waals surface area contributed by atoms with Gasteiger partial charge < -0.3 is 10.2 Å². The van der Waals surface area contributed by atoms with Crippen LogP contribution >= 0.6 is 0 Å². The Morgan fingerprint density at radius 3 is 2.69 bits per heavy atom. The molecule has 5 fully saturated rings. The zero-order valence-corrected chi connectivity index (χ0v) is 20.5. The van der Waals surface area contributed by atoms with Crippen molar-refractivity contribution in [3.05, 3.63) is 0 Å². The van der Waals surface area contributed by atoms with Crippen molar-refractivity contribution >= 4 is 10.0 Å². The van der Waals surface area contributed by atoms with Crippen molar-refractivity contribution < 1.29 is 8.42 Å². The average molecular weight is 470 g/mol. The summed E-state index contributed by atoms with van der Waals surface area (Å²) < 4.78 is 29.7. The first-order valence-electron chi connectivity index (χ1n) is 12.9. The van der Waals surface area contributed by atoms with E-state index in [1.54, 1.807) is 0 Å². The van der Waals surface area contributed by atoms with Gasteiger partial charge >= 0.3 is 0 Å². The summed E-state index contributed by atoms with van der Waals surface area (Å²) in [5.41, 5.74) is 6.81. The molecule has 0 aromatic heterocycles. The van der Waals surface area contributed by atoms with Gasteiger partial charge in [0.25, 0.3) is 0 Å². The minimum atomic E-state index is -3.37. The molecule has 0 radical (unpaired) electrons. The number of sulfonamides is 1. The van der Waals surface area contributed by atoms with Gasteiger partial charge in [-0.1, -0.05) is 12.8 Å². The monoisotopic (exact) mass is 469 g/mol. The van der Waals surface area contributed by atoms with Crippen LogP contribution in [0.1, 0.15) is 51.4 Å². The SMILES string of the molecule is CN1NCC2CCCC(NS(=O)(=O)C3CNN(C4CC(CN5CCCCC5)CCN4)C3)C21. The van der Waals surface area contributed by atoms with Gasteiger partial charge in [0.1, 0.15) is 5.25 Å². The van der Waals surface area contributed by atoms with Crippen molar-refractivity contribution in [3.8, 4) is 0 Å². The van der Waals surface area contributed by atoms with E-state index in [4.69, 9.17) is 0 Å². The van der Waals surface area contributed by atoms with Crippen molar-refractivity contribution in [2.45, 2.75) is 74.9 Å². The molecule has 0 aromatic rings. The largest absolute Gasteiger partial charge is 0.303 e. The van der Waals surface area contributed by atoms with Gasteiger partial charge in [0.2, 0.25) is 10.0 Å². The highest BCUT2D eigenvalue weighted by Gasteiger charge is 2.44. The van der Waals surface area contributed by atoms with Crippen LogP contribution in [0.2, 0.25) is 0 Å². The molecule has 6 atom stereocenters. The van der Waals surface area contributed by atoms with E-state index in [2.05, 4.69) is 35.8 Å². The molecule has 0 bridgehead atoms. The molecule has 4 saturated heterocycles. The Hall–Kier alpha value is -0.330. The first kappa shape index (κ1) is 23.4. The predicted octanol–water partition coefficient (Wildman–Crippen LogP) is -0.106. The Morgan fingerprint density at radius 1 is 1.00 bits per heavy atom. The standard InChI is InChI=1S/C22H43N7O2S/c1-27-22-18(13-24-27)6-5-7-20(22)26-32(30,31)19-14-25-29(16-19)21-12-17(8-9-23-21)15-28-10-3-2-4-11-28/h17-26H,2-16H2,1H3. The van der Waals surface area contributed by atoms with Crippen LogP contribution in [-0.2, 0) is 10.0 Å². The molecule has 9 nitrogen and oxygen atoms in total. The minimum Gasteiger partial charge on any atom is -0.303 e. The number of piperidine rings is 2. The summed E-state index contributed by atoms with van der Waals surface area (Å²) in [5, 5.41) is 7.53. The second-order valence-corrected chi connectivity index (χ2v) is 12.8. The molecule has 32 heavy (non-hydrogen) atoms. The van der Waals surface area contributed by atoms with Crippen molar-refractivity contribution in [2.75, 3.05) is 52.9 Å². The molecule has 184 valence electrons. The Bertz CT molecular complexity index is 730. The third-order valence-corrected chi connectivity index (χ3v) is 10.4. The summed E-state index contributed by atoms with van der Waals surface area (Å²) in [7, 11) is -1.33. The van der Waals surface area contributed by atoms with Gasteiger partial charge in [0.15, 0.2) is 0 Å². The molecule has 0 spiro atoms. The second-order valence-electron chi connectivity index (χ2n) is 10.8. The van der Waals surface area contributed by atoms with E-state index < -0.39 is 15.3 Å². The van der Waals surface area contributed by atoms with Crippen molar-refractivity contribution in [2.24, 2.45) is 11.8 Å². The number of likely N-dealkylation sites (N-methyl/N-ethyl adjacent to an activating group) is 1. The molecule has 4 aliphatic heterocycles. The van der Waals surface area contributed by atoms with Crippen LogP contribution < -0.4 is 20.9 Å². The number of nitrogens with one attached hydrogen (secondary N) is 4. The van der Waals surface area contributed by atoms with Gasteiger partial charge in [-0.2, -0.15) is 0 Å². The lowest BCUT2D eigenvalue weighted by molar-refractivity contribution is 0.0782.